The van der Waals surface area contributed by atoms with Crippen molar-refractivity contribution in [1.82, 2.24) is 0 Å². The minimum absolute atomic E-state index is 0.00865. The van der Waals surface area contributed by atoms with E-state index in [-0.39, 0.29) is 92.8 Å². The van der Waals surface area contributed by atoms with Gasteiger partial charge in [0.2, 0.25) is 0 Å². The number of nitrogens with zero attached hydrogens (tertiary/aromatic N) is 4. The maximum atomic E-state index is 13.1. The van der Waals surface area contributed by atoms with E-state index in [0.717, 1.165) is 196 Å². The number of Topliss-reactive ketones (excluding diaryl/α,β-unsaturated/α-hetero) is 6. The van der Waals surface area contributed by atoms with Crippen LogP contribution < -0.4 is 11.5 Å². The molecule has 26 atom stereocenters. The molecule has 0 spiro atoms. The molecule has 0 aliphatic heterocycles. The minimum atomic E-state index is -0.356. The Kier molecular flexibility index (Phi) is 23.1. The largest absolute Gasteiger partial charge is 0.428 e. The Morgan fingerprint density at radius 2 is 0.651 bits per heavy atom. The Morgan fingerprint density at radius 1 is 0.358 bits per heavy atom. The van der Waals surface area contributed by atoms with Gasteiger partial charge in [0.1, 0.15) is 47.9 Å². The zero-order valence-corrected chi connectivity index (χ0v) is 65.0. The fourth-order valence-corrected chi connectivity index (χ4v) is 28.1. The highest BCUT2D eigenvalue weighted by atomic mass is 16.8. The molecule has 0 radical (unpaired) electrons. The Labute approximate surface area is 628 Å². The van der Waals surface area contributed by atoms with E-state index in [1.54, 1.807) is 0 Å². The van der Waals surface area contributed by atoms with Crippen LogP contribution in [0, 0.1) is 138 Å². The lowest BCUT2D eigenvalue weighted by molar-refractivity contribution is -0.153. The van der Waals surface area contributed by atoms with Crippen LogP contribution in [0.1, 0.15) is 261 Å². The molecule has 0 aromatic carbocycles. The molecule has 106 heavy (non-hydrogen) atoms. The van der Waals surface area contributed by atoms with Gasteiger partial charge < -0.3 is 50.5 Å². The maximum Gasteiger partial charge on any atom is 0.296 e. The molecule has 0 aromatic heterocycles. The van der Waals surface area contributed by atoms with Gasteiger partial charge in [-0.1, -0.05) is 76.0 Å². The molecule has 588 valence electrons. The second-order valence-corrected chi connectivity index (χ2v) is 38.2. The van der Waals surface area contributed by atoms with E-state index >= 15 is 0 Å². The van der Waals surface area contributed by atoms with Crippen molar-refractivity contribution in [3.63, 3.8) is 0 Å². The number of nitrogens with two attached hydrogens (primary N) is 2. The van der Waals surface area contributed by atoms with E-state index < -0.39 is 0 Å². The molecule has 16 unspecified atom stereocenters. The third kappa shape index (κ3) is 13.9. The molecule has 0 saturated heterocycles. The Morgan fingerprint density at radius 3 is 0.972 bits per heavy atom. The lowest BCUT2D eigenvalue weighted by atomic mass is 9.44. The molecule has 0 bridgehead atoms. The van der Waals surface area contributed by atoms with Crippen molar-refractivity contribution in [3.05, 3.63) is 0 Å². The van der Waals surface area contributed by atoms with E-state index in [9.17, 15) is 48.6 Å². The summed E-state index contributed by atoms with van der Waals surface area (Å²) < 4.78 is 9.01. The predicted molar refractivity (Wildman–Crippen MR) is 396 cm³/mol. The summed E-state index contributed by atoms with van der Waals surface area (Å²) in [6.45, 7) is 20.2. The van der Waals surface area contributed by atoms with Crippen LogP contribution >= 0.6 is 0 Å². The van der Waals surface area contributed by atoms with Crippen molar-refractivity contribution in [3.8, 4) is 0 Å². The van der Waals surface area contributed by atoms with Gasteiger partial charge in [0, 0.05) is 85.1 Å². The summed E-state index contributed by atoms with van der Waals surface area (Å²) in [6.07, 6.45) is 28.0. The number of hydrogen-bond donors (Lipinski definition) is 4. The summed E-state index contributed by atoms with van der Waals surface area (Å²) in [4.78, 5) is 117. The second kappa shape index (κ2) is 31.1. The van der Waals surface area contributed by atoms with Crippen molar-refractivity contribution in [2.45, 2.75) is 273 Å². The number of hydrogen-bond acceptors (Lipinski definition) is 22. The van der Waals surface area contributed by atoms with Gasteiger partial charge in [0.25, 0.3) is 26.5 Å². The van der Waals surface area contributed by atoms with Gasteiger partial charge in [0.05, 0.1) is 35.1 Å². The van der Waals surface area contributed by atoms with Crippen LogP contribution in [0.4, 0.5) is 0 Å². The summed E-state index contributed by atoms with van der Waals surface area (Å²) in [7, 11) is 0. The van der Waals surface area contributed by atoms with Crippen molar-refractivity contribution in [1.29, 1.82) is 0 Å². The average molecular weight is 1480 g/mol. The third-order valence-corrected chi connectivity index (χ3v) is 34.0. The zero-order valence-electron chi connectivity index (χ0n) is 65.0. The van der Waals surface area contributed by atoms with Gasteiger partial charge in [-0.05, 0) is 271 Å². The number of carbonyl (C=O) groups is 8. The molecule has 0 amide bonds. The molecule has 16 fully saturated rings. The topological polar surface area (TPSA) is 334 Å². The lowest BCUT2D eigenvalue weighted by Crippen LogP contribution is -2.57. The highest BCUT2D eigenvalue weighted by Gasteiger charge is 2.67. The molecular formula is C84H126N6O16. The Hall–Kier alpha value is -5.32. The molecule has 0 aromatic rings. The molecule has 22 heteroatoms. The van der Waals surface area contributed by atoms with Crippen molar-refractivity contribution in [2.24, 2.45) is 170 Å². The van der Waals surface area contributed by atoms with Gasteiger partial charge in [-0.3, -0.25) is 38.4 Å². The van der Waals surface area contributed by atoms with Crippen LogP contribution in [0.2, 0.25) is 0 Å². The van der Waals surface area contributed by atoms with Crippen LogP contribution in [-0.4, -0.2) is 133 Å². The summed E-state index contributed by atoms with van der Waals surface area (Å²) in [6, 6.07) is 0. The molecule has 6 N–H and O–H groups in total. The Bertz CT molecular complexity index is 3470. The fourth-order valence-electron chi connectivity index (χ4n) is 28.1. The van der Waals surface area contributed by atoms with Crippen molar-refractivity contribution in [2.75, 3.05) is 39.9 Å². The summed E-state index contributed by atoms with van der Waals surface area (Å²) in [5.74, 6) is 8.74. The summed E-state index contributed by atoms with van der Waals surface area (Å²) in [5, 5.41) is 38.9. The van der Waals surface area contributed by atoms with Crippen LogP contribution in [0.5, 0.6) is 0 Å². The first-order chi connectivity index (χ1) is 50.6. The monoisotopic (exact) mass is 1470 g/mol. The van der Waals surface area contributed by atoms with E-state index in [0.29, 0.717) is 177 Å². The molecule has 16 aliphatic carbocycles. The van der Waals surface area contributed by atoms with Crippen LogP contribution in [0.15, 0.2) is 20.6 Å². The molecule has 22 nitrogen and oxygen atoms in total. The number of fused-ring (bicyclic) bond motifs is 20. The highest BCUT2D eigenvalue weighted by molar-refractivity contribution is 5.95. The van der Waals surface area contributed by atoms with Gasteiger partial charge in [0.15, 0.2) is 0 Å². The smallest absolute Gasteiger partial charge is 0.296 e. The van der Waals surface area contributed by atoms with Gasteiger partial charge >= 0.3 is 0 Å². The van der Waals surface area contributed by atoms with Crippen LogP contribution in [0.25, 0.3) is 0 Å². The summed E-state index contributed by atoms with van der Waals surface area (Å²) >= 11 is 0. The maximum absolute atomic E-state index is 13.1. The number of aliphatic hydroxyl groups excluding tert-OH is 2. The van der Waals surface area contributed by atoms with E-state index in [4.69, 9.17) is 30.8 Å². The average Bonchev–Trinajstić information content (AvgIpc) is 1.29. The number of oxime groups is 4. The SMILES string of the molecule is C[C@]12CCC(=NOCCN)CC1C(=O)CC1C2CC[C@]2(C)C(=O)CCC12.C[C@]12CCC(=NOCCN)CC1[C@H](O)CC1C2CC[C@]2(C)C(=O)CCC12.C[C@]12CCC(=NOCOC=O)CC1C(=O)CC1C2CC[C@]2(C)C(=O)CCC12.C[C@]12CCC(=NOCOC=O)CC1[C@H](O)CC1C2CC[C@]2(C)C(=O)CCC12. The number of rotatable bonds is 14. The van der Waals surface area contributed by atoms with E-state index in [1.807, 2.05) is 0 Å². The number of aliphatic hydroxyl groups is 2. The van der Waals surface area contributed by atoms with Gasteiger partial charge in [-0.15, -0.1) is 0 Å². The van der Waals surface area contributed by atoms with E-state index in [1.165, 1.54) is 0 Å². The first kappa shape index (κ1) is 78.8. The predicted octanol–water partition coefficient (Wildman–Crippen LogP) is 12.4. The zero-order chi connectivity index (χ0) is 75.5. The normalized spacial score (nSPS) is 47.2. The molecular weight excluding hydrogens is 1350 g/mol. The standard InChI is InChI=1S/C21H34N2O3.C21H32N2O3.C21H31NO5.C21H29NO5/c2*1-20-7-5-13(23-26-10-9-22)11-17(20)18(24)12-14-15-3-4-19(25)21(15,2)8-6-16(14)20;2*1-20-7-5-13(22-27-12-26-11-23)9-17(20)18(24)10-14-15-3-4-19(25)21(15,2)8-6-16(14)20/h14-18,24H,3-12,22H2,1-2H3;14-17H,3-12,22H2,1-2H3;11,14-18,24H,3-10,12H2,1-2H3;11,14-17H,3-10,12H2,1-2H3/t14?,15?,16?,17?,18-,20-,21+;14?,15?,16?,17?,20-,21+;14?,15?,16?,17?,18-,20-,21+;14?,15?,16?,17?,20-,21+/m1111/s1. The quantitative estimate of drug-likeness (QED) is 0.0543. The van der Waals surface area contributed by atoms with E-state index in [2.05, 4.69) is 85.5 Å². The van der Waals surface area contributed by atoms with Gasteiger partial charge in [-0.2, -0.15) is 0 Å². The van der Waals surface area contributed by atoms with Crippen molar-refractivity contribution >= 4 is 70.5 Å². The Balaban J connectivity index is 0.000000125. The first-order valence-corrected chi connectivity index (χ1v) is 41.4. The van der Waals surface area contributed by atoms with Crippen LogP contribution in [0.3, 0.4) is 0 Å². The van der Waals surface area contributed by atoms with Crippen LogP contribution in [-0.2, 0) is 67.2 Å². The molecule has 16 rings (SSSR count). The molecule has 0 heterocycles. The van der Waals surface area contributed by atoms with Gasteiger partial charge in [-0.25, -0.2) is 0 Å². The second-order valence-electron chi connectivity index (χ2n) is 38.2. The number of ketones is 6. The third-order valence-electron chi connectivity index (χ3n) is 34.0. The fraction of sp³-hybridized carbons (Fsp3) is 0.857. The summed E-state index contributed by atoms with van der Waals surface area (Å²) in [5.41, 5.74) is 14.5. The minimum Gasteiger partial charge on any atom is -0.428 e. The number of ether oxygens (including phenoxy) is 2. The first-order valence-electron chi connectivity index (χ1n) is 41.4. The highest BCUT2D eigenvalue weighted by Crippen LogP contribution is 2.70. The lowest BCUT2D eigenvalue weighted by Gasteiger charge is -2.60. The number of carbonyl (C=O) groups excluding carboxylic acids is 8. The molecule has 16 saturated carbocycles. The molecule has 16 aliphatic rings. The van der Waals surface area contributed by atoms with Crippen molar-refractivity contribution < 1.29 is 77.4 Å².